The van der Waals surface area contributed by atoms with Gasteiger partial charge in [-0.2, -0.15) is 0 Å². The molecular formula is C9H21NO3. The SMILES string of the molecule is CCCC(N)C(=O)O.CCCCO. The average molecular weight is 191 g/mol. The maximum Gasteiger partial charge on any atom is 0.320 e. The lowest BCUT2D eigenvalue weighted by Crippen LogP contribution is -2.29. The highest BCUT2D eigenvalue weighted by Gasteiger charge is 2.07. The van der Waals surface area contributed by atoms with Gasteiger partial charge in [-0.15, -0.1) is 0 Å². The second-order valence-corrected chi connectivity index (χ2v) is 2.81. The summed E-state index contributed by atoms with van der Waals surface area (Å²) in [5.74, 6) is -0.910. The van der Waals surface area contributed by atoms with Gasteiger partial charge in [0.1, 0.15) is 6.04 Å². The third-order valence-corrected chi connectivity index (χ3v) is 1.43. The van der Waals surface area contributed by atoms with Crippen LogP contribution in [0.3, 0.4) is 0 Å². The first kappa shape index (κ1) is 14.9. The fourth-order valence-corrected chi connectivity index (χ4v) is 0.593. The van der Waals surface area contributed by atoms with Crippen molar-refractivity contribution in [1.82, 2.24) is 0 Å². The smallest absolute Gasteiger partial charge is 0.320 e. The van der Waals surface area contributed by atoms with Gasteiger partial charge < -0.3 is 15.9 Å². The Hall–Kier alpha value is -0.610. The van der Waals surface area contributed by atoms with E-state index in [0.717, 1.165) is 19.3 Å². The molecule has 0 amide bonds. The molecule has 4 N–H and O–H groups in total. The molecule has 80 valence electrons. The van der Waals surface area contributed by atoms with Gasteiger partial charge in [0.25, 0.3) is 0 Å². The molecule has 0 spiro atoms. The molecule has 1 unspecified atom stereocenters. The summed E-state index contributed by atoms with van der Waals surface area (Å²) in [4.78, 5) is 9.96. The highest BCUT2D eigenvalue weighted by atomic mass is 16.4. The van der Waals surface area contributed by atoms with Crippen molar-refractivity contribution < 1.29 is 15.0 Å². The number of carboxylic acid groups (broad SMARTS) is 1. The van der Waals surface area contributed by atoms with Crippen molar-refractivity contribution in [2.45, 2.75) is 45.6 Å². The standard InChI is InChI=1S/C5H11NO2.C4H10O/c1-2-3-4(6)5(7)8;1-2-3-4-5/h4H,2-3,6H2,1H3,(H,7,8);5H,2-4H2,1H3. The molecule has 0 aliphatic rings. The van der Waals surface area contributed by atoms with Crippen LogP contribution in [0, 0.1) is 0 Å². The van der Waals surface area contributed by atoms with Gasteiger partial charge in [0.15, 0.2) is 0 Å². The molecule has 0 aromatic heterocycles. The molecule has 0 aromatic rings. The van der Waals surface area contributed by atoms with E-state index in [1.165, 1.54) is 0 Å². The van der Waals surface area contributed by atoms with Crippen molar-refractivity contribution in [3.05, 3.63) is 0 Å². The van der Waals surface area contributed by atoms with Gasteiger partial charge in [-0.25, -0.2) is 0 Å². The second-order valence-electron chi connectivity index (χ2n) is 2.81. The van der Waals surface area contributed by atoms with Crippen LogP contribution in [-0.4, -0.2) is 28.8 Å². The van der Waals surface area contributed by atoms with Gasteiger partial charge in [0.2, 0.25) is 0 Å². The van der Waals surface area contributed by atoms with Gasteiger partial charge in [-0.05, 0) is 12.8 Å². The van der Waals surface area contributed by atoms with Crippen LogP contribution in [0.15, 0.2) is 0 Å². The maximum absolute atomic E-state index is 9.96. The zero-order valence-electron chi connectivity index (χ0n) is 8.49. The van der Waals surface area contributed by atoms with Gasteiger partial charge in [0, 0.05) is 6.61 Å². The highest BCUT2D eigenvalue weighted by molar-refractivity contribution is 5.72. The van der Waals surface area contributed by atoms with Crippen molar-refractivity contribution in [2.75, 3.05) is 6.61 Å². The summed E-state index contributed by atoms with van der Waals surface area (Å²) in [5, 5.41) is 16.3. The van der Waals surface area contributed by atoms with Gasteiger partial charge in [-0.1, -0.05) is 26.7 Å². The van der Waals surface area contributed by atoms with Crippen molar-refractivity contribution in [1.29, 1.82) is 0 Å². The molecule has 0 rings (SSSR count). The molecule has 0 saturated carbocycles. The Kier molecular flexibility index (Phi) is 13.0. The van der Waals surface area contributed by atoms with E-state index in [0.29, 0.717) is 13.0 Å². The molecular weight excluding hydrogens is 170 g/mol. The van der Waals surface area contributed by atoms with Crippen LogP contribution in [0.25, 0.3) is 0 Å². The summed E-state index contributed by atoms with van der Waals surface area (Å²) in [6.45, 7) is 4.30. The minimum Gasteiger partial charge on any atom is -0.480 e. The normalized spacial score (nSPS) is 11.4. The molecule has 0 aromatic carbocycles. The topological polar surface area (TPSA) is 83.6 Å². The Balaban J connectivity index is 0. The zero-order chi connectivity index (χ0) is 10.7. The van der Waals surface area contributed by atoms with Crippen LogP contribution >= 0.6 is 0 Å². The van der Waals surface area contributed by atoms with Crippen LogP contribution in [0.2, 0.25) is 0 Å². The molecule has 13 heavy (non-hydrogen) atoms. The first-order chi connectivity index (χ1) is 6.09. The Morgan fingerprint density at radius 2 is 1.92 bits per heavy atom. The monoisotopic (exact) mass is 191 g/mol. The van der Waals surface area contributed by atoms with E-state index in [-0.39, 0.29) is 0 Å². The molecule has 0 radical (unpaired) electrons. The number of hydrogen-bond acceptors (Lipinski definition) is 3. The van der Waals surface area contributed by atoms with E-state index >= 15 is 0 Å². The third kappa shape index (κ3) is 14.3. The van der Waals surface area contributed by atoms with Crippen molar-refractivity contribution in [3.8, 4) is 0 Å². The third-order valence-electron chi connectivity index (χ3n) is 1.43. The minimum atomic E-state index is -0.910. The summed E-state index contributed by atoms with van der Waals surface area (Å²) < 4.78 is 0. The summed E-state index contributed by atoms with van der Waals surface area (Å²) in [7, 11) is 0. The number of carboxylic acids is 1. The summed E-state index contributed by atoms with van der Waals surface area (Å²) in [5.41, 5.74) is 5.13. The second kappa shape index (κ2) is 11.4. The van der Waals surface area contributed by atoms with E-state index in [1.54, 1.807) is 0 Å². The highest BCUT2D eigenvalue weighted by Crippen LogP contribution is 1.91. The van der Waals surface area contributed by atoms with Crippen molar-refractivity contribution in [2.24, 2.45) is 5.73 Å². The Morgan fingerprint density at radius 3 is 2.00 bits per heavy atom. The average Bonchev–Trinajstić information content (AvgIpc) is 2.07. The summed E-state index contributed by atoms with van der Waals surface area (Å²) >= 11 is 0. The van der Waals surface area contributed by atoms with E-state index in [9.17, 15) is 4.79 Å². The summed E-state index contributed by atoms with van der Waals surface area (Å²) in [6.07, 6.45) is 3.43. The number of unbranched alkanes of at least 4 members (excludes halogenated alkanes) is 1. The largest absolute Gasteiger partial charge is 0.480 e. The zero-order valence-corrected chi connectivity index (χ0v) is 8.49. The molecule has 0 saturated heterocycles. The number of aliphatic carboxylic acids is 1. The minimum absolute atomic E-state index is 0.344. The van der Waals surface area contributed by atoms with Gasteiger partial charge >= 0.3 is 5.97 Å². The van der Waals surface area contributed by atoms with Crippen molar-refractivity contribution in [3.63, 3.8) is 0 Å². The Labute approximate surface area is 79.8 Å². The van der Waals surface area contributed by atoms with Crippen LogP contribution in [0.5, 0.6) is 0 Å². The predicted molar refractivity (Wildman–Crippen MR) is 52.5 cm³/mol. The molecule has 0 aliphatic heterocycles. The van der Waals surface area contributed by atoms with Crippen LogP contribution in [0.1, 0.15) is 39.5 Å². The Bertz CT molecular complexity index is 115. The molecule has 4 heteroatoms. The number of nitrogens with two attached hydrogens (primary N) is 1. The number of hydrogen-bond donors (Lipinski definition) is 3. The number of aliphatic hydroxyl groups excluding tert-OH is 1. The van der Waals surface area contributed by atoms with Crippen LogP contribution in [-0.2, 0) is 4.79 Å². The molecule has 4 nitrogen and oxygen atoms in total. The van der Waals surface area contributed by atoms with Gasteiger partial charge in [0.05, 0.1) is 0 Å². The van der Waals surface area contributed by atoms with E-state index in [1.807, 2.05) is 6.92 Å². The van der Waals surface area contributed by atoms with Crippen LogP contribution < -0.4 is 5.73 Å². The fraction of sp³-hybridized carbons (Fsp3) is 0.889. The Morgan fingerprint density at radius 1 is 1.38 bits per heavy atom. The lowest BCUT2D eigenvalue weighted by atomic mass is 10.2. The van der Waals surface area contributed by atoms with E-state index in [4.69, 9.17) is 15.9 Å². The van der Waals surface area contributed by atoms with Crippen molar-refractivity contribution >= 4 is 5.97 Å². The lowest BCUT2D eigenvalue weighted by molar-refractivity contribution is -0.138. The first-order valence-electron chi connectivity index (χ1n) is 4.69. The number of rotatable bonds is 5. The molecule has 0 heterocycles. The maximum atomic E-state index is 9.96. The molecule has 0 bridgehead atoms. The van der Waals surface area contributed by atoms with Gasteiger partial charge in [-0.3, -0.25) is 4.79 Å². The van der Waals surface area contributed by atoms with E-state index < -0.39 is 12.0 Å². The predicted octanol–water partition coefficient (Wildman–Crippen LogP) is 0.977. The molecule has 0 aliphatic carbocycles. The quantitative estimate of drug-likeness (QED) is 0.604. The molecule has 1 atom stereocenters. The molecule has 0 fully saturated rings. The fourth-order valence-electron chi connectivity index (χ4n) is 0.593. The number of carbonyl (C=O) groups is 1. The number of aliphatic hydroxyl groups is 1. The summed E-state index contributed by atoms with van der Waals surface area (Å²) in [6, 6.07) is -0.667. The lowest BCUT2D eigenvalue weighted by Gasteiger charge is -2.00. The van der Waals surface area contributed by atoms with E-state index in [2.05, 4.69) is 6.92 Å². The van der Waals surface area contributed by atoms with Crippen LogP contribution in [0.4, 0.5) is 0 Å². The first-order valence-corrected chi connectivity index (χ1v) is 4.69.